The first-order chi connectivity index (χ1) is 14.7. The first kappa shape index (κ1) is 19.2. The van der Waals surface area contributed by atoms with Gasteiger partial charge >= 0.3 is 0 Å². The van der Waals surface area contributed by atoms with E-state index in [0.717, 1.165) is 66.4 Å². The van der Waals surface area contributed by atoms with E-state index in [4.69, 9.17) is 4.99 Å². The molecule has 1 fully saturated rings. The maximum Gasteiger partial charge on any atom is 0.137 e. The zero-order valence-electron chi connectivity index (χ0n) is 16.9. The first-order valence-corrected chi connectivity index (χ1v) is 10.8. The van der Waals surface area contributed by atoms with Crippen molar-refractivity contribution in [2.24, 2.45) is 16.8 Å². The lowest BCUT2D eigenvalue weighted by Crippen LogP contribution is -2.19. The number of aromatic amines is 1. The molecule has 3 heterocycles. The number of rotatable bonds is 5. The number of fused-ring (bicyclic) bond motifs is 1. The second kappa shape index (κ2) is 8.15. The molecule has 0 spiro atoms. The van der Waals surface area contributed by atoms with Crippen molar-refractivity contribution in [3.05, 3.63) is 65.7 Å². The minimum absolute atomic E-state index is 0.117. The van der Waals surface area contributed by atoms with E-state index >= 15 is 0 Å². The molecule has 2 aromatic heterocycles. The summed E-state index contributed by atoms with van der Waals surface area (Å²) < 4.78 is 13.5. The van der Waals surface area contributed by atoms with E-state index in [1.54, 1.807) is 0 Å². The van der Waals surface area contributed by atoms with Gasteiger partial charge in [0.15, 0.2) is 0 Å². The van der Waals surface area contributed by atoms with Crippen molar-refractivity contribution in [2.45, 2.75) is 44.6 Å². The lowest BCUT2D eigenvalue weighted by atomic mass is 9.80. The number of aromatic nitrogens is 2. The van der Waals surface area contributed by atoms with Crippen LogP contribution in [0.2, 0.25) is 0 Å². The van der Waals surface area contributed by atoms with Crippen LogP contribution < -0.4 is 0 Å². The number of nitrogens with one attached hydrogen (secondary N) is 1. The van der Waals surface area contributed by atoms with Crippen molar-refractivity contribution in [3.8, 4) is 0 Å². The number of allylic oxidation sites excluding steroid dienone is 1. The van der Waals surface area contributed by atoms with Crippen LogP contribution in [0.4, 0.5) is 4.39 Å². The van der Waals surface area contributed by atoms with Crippen LogP contribution in [-0.4, -0.2) is 27.4 Å². The van der Waals surface area contributed by atoms with E-state index in [1.165, 1.54) is 17.7 Å². The second-order valence-corrected chi connectivity index (χ2v) is 8.50. The summed E-state index contributed by atoms with van der Waals surface area (Å²) in [6, 6.07) is 10.7. The maximum absolute atomic E-state index is 13.5. The Kier molecular flexibility index (Phi) is 5.21. The molecule has 3 aromatic rings. The number of hydrogen-bond donors (Lipinski definition) is 2. The van der Waals surface area contributed by atoms with Crippen molar-refractivity contribution < 1.29 is 9.50 Å². The molecule has 0 bridgehead atoms. The standard InChI is InChI=1S/C25H26FN3O/c26-19-7-5-17(6-8-19)24-23(21-11-13-27-25-22(21)12-14-28-25)18(15-29-24)4-1-16-2-9-20(30)10-3-16/h5-8,11-16,18,20,30H,1-4,9-10H2,(H,27,28). The fourth-order valence-electron chi connectivity index (χ4n) is 4.91. The largest absolute Gasteiger partial charge is 0.393 e. The molecule has 2 N–H and O–H groups in total. The summed E-state index contributed by atoms with van der Waals surface area (Å²) in [5.74, 6) is 0.649. The maximum atomic E-state index is 13.5. The third kappa shape index (κ3) is 3.70. The van der Waals surface area contributed by atoms with Gasteiger partial charge in [0.05, 0.1) is 11.8 Å². The second-order valence-electron chi connectivity index (χ2n) is 8.50. The molecule has 5 rings (SSSR count). The van der Waals surface area contributed by atoms with Crippen LogP contribution in [0.1, 0.15) is 49.7 Å². The van der Waals surface area contributed by atoms with E-state index in [2.05, 4.69) is 28.3 Å². The summed E-state index contributed by atoms with van der Waals surface area (Å²) in [7, 11) is 0. The first-order valence-electron chi connectivity index (χ1n) is 10.8. The molecule has 1 aliphatic carbocycles. The van der Waals surface area contributed by atoms with Gasteiger partial charge in [0.25, 0.3) is 0 Å². The van der Waals surface area contributed by atoms with E-state index in [9.17, 15) is 9.50 Å². The minimum Gasteiger partial charge on any atom is -0.393 e. The van der Waals surface area contributed by atoms with Crippen LogP contribution >= 0.6 is 0 Å². The molecule has 1 saturated carbocycles. The van der Waals surface area contributed by atoms with Crippen LogP contribution in [-0.2, 0) is 0 Å². The van der Waals surface area contributed by atoms with Gasteiger partial charge < -0.3 is 10.1 Å². The summed E-state index contributed by atoms with van der Waals surface area (Å²) in [4.78, 5) is 12.4. The Labute approximate surface area is 175 Å². The van der Waals surface area contributed by atoms with Crippen LogP contribution in [0.5, 0.6) is 0 Å². The quantitative estimate of drug-likeness (QED) is 0.582. The highest BCUT2D eigenvalue weighted by Crippen LogP contribution is 2.42. The summed E-state index contributed by atoms with van der Waals surface area (Å²) in [6.07, 6.45) is 11.9. The molecule has 1 aliphatic heterocycles. The average Bonchev–Trinajstić information content (AvgIpc) is 3.41. The number of pyridine rings is 1. The summed E-state index contributed by atoms with van der Waals surface area (Å²) in [6.45, 7) is 0. The monoisotopic (exact) mass is 403 g/mol. The molecule has 0 radical (unpaired) electrons. The highest BCUT2D eigenvalue weighted by molar-refractivity contribution is 6.08. The Morgan fingerprint density at radius 1 is 1.00 bits per heavy atom. The molecule has 0 amide bonds. The van der Waals surface area contributed by atoms with Gasteiger partial charge in [-0.25, -0.2) is 9.37 Å². The molecule has 1 aromatic carbocycles. The van der Waals surface area contributed by atoms with Crippen molar-refractivity contribution in [3.63, 3.8) is 0 Å². The smallest absolute Gasteiger partial charge is 0.137 e. The van der Waals surface area contributed by atoms with E-state index < -0.39 is 0 Å². The SMILES string of the molecule is OC1CCC(CCC2C=NC(c3ccc(F)cc3)=C2c2ccnc3[nH]ccc23)CC1. The number of hydrogen-bond acceptors (Lipinski definition) is 3. The number of benzene rings is 1. The van der Waals surface area contributed by atoms with Crippen LogP contribution in [0.15, 0.2) is 53.8 Å². The van der Waals surface area contributed by atoms with Crippen LogP contribution in [0.25, 0.3) is 22.3 Å². The van der Waals surface area contributed by atoms with Gasteiger partial charge in [-0.2, -0.15) is 0 Å². The fourth-order valence-corrected chi connectivity index (χ4v) is 4.91. The Morgan fingerprint density at radius 3 is 2.60 bits per heavy atom. The number of aliphatic hydroxyl groups excluding tert-OH is 1. The van der Waals surface area contributed by atoms with Gasteiger partial charge in [0.2, 0.25) is 0 Å². The summed E-state index contributed by atoms with van der Waals surface area (Å²) in [5.41, 5.74) is 5.07. The lowest BCUT2D eigenvalue weighted by molar-refractivity contribution is 0.106. The Bertz CT molecular complexity index is 1090. The lowest BCUT2D eigenvalue weighted by Gasteiger charge is -2.26. The molecule has 1 atom stereocenters. The Morgan fingerprint density at radius 2 is 1.80 bits per heavy atom. The topological polar surface area (TPSA) is 61.3 Å². The average molecular weight is 404 g/mol. The predicted molar refractivity (Wildman–Crippen MR) is 118 cm³/mol. The van der Waals surface area contributed by atoms with E-state index in [-0.39, 0.29) is 17.8 Å². The Balaban J connectivity index is 1.50. The highest BCUT2D eigenvalue weighted by Gasteiger charge is 2.28. The van der Waals surface area contributed by atoms with Gasteiger partial charge in [0.1, 0.15) is 11.5 Å². The fraction of sp³-hybridized carbons (Fsp3) is 0.360. The molecule has 4 nitrogen and oxygen atoms in total. The molecular formula is C25H26FN3O. The molecule has 30 heavy (non-hydrogen) atoms. The van der Waals surface area contributed by atoms with Crippen molar-refractivity contribution >= 4 is 28.5 Å². The third-order valence-corrected chi connectivity index (χ3v) is 6.58. The van der Waals surface area contributed by atoms with Gasteiger partial charge in [-0.3, -0.25) is 4.99 Å². The molecule has 5 heteroatoms. The minimum atomic E-state index is -0.240. The van der Waals surface area contributed by atoms with Crippen LogP contribution in [0.3, 0.4) is 0 Å². The zero-order chi connectivity index (χ0) is 20.5. The summed E-state index contributed by atoms with van der Waals surface area (Å²) >= 11 is 0. The number of H-pyrrole nitrogens is 1. The predicted octanol–water partition coefficient (Wildman–Crippen LogP) is 5.60. The van der Waals surface area contributed by atoms with E-state index in [0.29, 0.717) is 5.92 Å². The molecule has 2 aliphatic rings. The van der Waals surface area contributed by atoms with Crippen molar-refractivity contribution in [1.82, 2.24) is 9.97 Å². The Hall–Kier alpha value is -2.79. The summed E-state index contributed by atoms with van der Waals surface area (Å²) in [5, 5.41) is 10.9. The van der Waals surface area contributed by atoms with Gasteiger partial charge in [-0.1, -0.05) is 0 Å². The van der Waals surface area contributed by atoms with Crippen molar-refractivity contribution in [1.29, 1.82) is 0 Å². The number of aliphatic imine (C=N–C) groups is 1. The molecule has 1 unspecified atom stereocenters. The van der Waals surface area contributed by atoms with Crippen molar-refractivity contribution in [2.75, 3.05) is 0 Å². The third-order valence-electron chi connectivity index (χ3n) is 6.58. The van der Waals surface area contributed by atoms with Gasteiger partial charge in [0, 0.05) is 35.5 Å². The highest BCUT2D eigenvalue weighted by atomic mass is 19.1. The number of halogens is 1. The number of nitrogens with zero attached hydrogens (tertiary/aromatic N) is 2. The molecule has 0 saturated heterocycles. The van der Waals surface area contributed by atoms with Gasteiger partial charge in [-0.05, 0) is 92.0 Å². The molecule has 154 valence electrons. The van der Waals surface area contributed by atoms with Gasteiger partial charge in [-0.15, -0.1) is 0 Å². The van der Waals surface area contributed by atoms with Crippen LogP contribution in [0, 0.1) is 17.7 Å². The molecular weight excluding hydrogens is 377 g/mol. The normalized spacial score (nSPS) is 24.1. The zero-order valence-corrected chi connectivity index (χ0v) is 16.9. The number of aliphatic hydroxyl groups is 1. The van der Waals surface area contributed by atoms with E-state index in [1.807, 2.05) is 24.5 Å².